The first-order valence-electron chi connectivity index (χ1n) is 3.60. The highest BCUT2D eigenvalue weighted by Crippen LogP contribution is 2.34. The van der Waals surface area contributed by atoms with Crippen LogP contribution in [0.5, 0.6) is 0 Å². The number of nitrogens with zero attached hydrogens (tertiary/aromatic N) is 2. The van der Waals surface area contributed by atoms with Gasteiger partial charge in [-0.1, -0.05) is 0 Å². The van der Waals surface area contributed by atoms with Gasteiger partial charge in [0.2, 0.25) is 0 Å². The van der Waals surface area contributed by atoms with Gasteiger partial charge < -0.3 is 0 Å². The largest absolute Gasteiger partial charge is 0.271 e. The zero-order valence-electron chi connectivity index (χ0n) is 5.87. The number of amides is 1. The van der Waals surface area contributed by atoms with Gasteiger partial charge in [-0.2, -0.15) is 10.4 Å². The molecule has 0 radical (unpaired) electrons. The summed E-state index contributed by atoms with van der Waals surface area (Å²) in [6.07, 6.45) is 2.15. The third-order valence-corrected chi connectivity index (χ3v) is 1.98. The molecule has 0 aromatic heterocycles. The number of nitriles is 1. The minimum Gasteiger partial charge on any atom is -0.271 e. The Labute approximate surface area is 63.9 Å². The molecule has 2 aliphatic rings. The van der Waals surface area contributed by atoms with Crippen LogP contribution in [-0.4, -0.2) is 11.6 Å². The molecule has 0 bridgehead atoms. The van der Waals surface area contributed by atoms with Crippen LogP contribution in [0.3, 0.4) is 0 Å². The number of hydrogen-bond acceptors (Lipinski definition) is 3. The number of hydrogen-bond donors (Lipinski definition) is 1. The molecule has 4 nitrogen and oxygen atoms in total. The van der Waals surface area contributed by atoms with Crippen molar-refractivity contribution >= 4 is 11.6 Å². The minimum atomic E-state index is -0.609. The van der Waals surface area contributed by atoms with Crippen molar-refractivity contribution in [2.45, 2.75) is 12.8 Å². The highest BCUT2D eigenvalue weighted by molar-refractivity contribution is 6.11. The van der Waals surface area contributed by atoms with Gasteiger partial charge in [0, 0.05) is 5.92 Å². The second kappa shape index (κ2) is 2.06. The zero-order chi connectivity index (χ0) is 7.84. The van der Waals surface area contributed by atoms with Crippen LogP contribution in [0, 0.1) is 23.2 Å². The SMILES string of the molecule is N#CC1C(=O)NN=C1C1CC1. The van der Waals surface area contributed by atoms with Crippen LogP contribution in [0.25, 0.3) is 0 Å². The summed E-state index contributed by atoms with van der Waals surface area (Å²) in [6, 6.07) is 1.94. The van der Waals surface area contributed by atoms with Gasteiger partial charge in [-0.15, -0.1) is 0 Å². The fourth-order valence-electron chi connectivity index (χ4n) is 1.21. The van der Waals surface area contributed by atoms with Crippen molar-refractivity contribution in [3.05, 3.63) is 0 Å². The lowest BCUT2D eigenvalue weighted by atomic mass is 10.0. The van der Waals surface area contributed by atoms with Crippen LogP contribution in [-0.2, 0) is 4.79 Å². The van der Waals surface area contributed by atoms with E-state index in [0.717, 1.165) is 18.6 Å². The van der Waals surface area contributed by atoms with Crippen LogP contribution >= 0.6 is 0 Å². The van der Waals surface area contributed by atoms with Gasteiger partial charge >= 0.3 is 0 Å². The Hall–Kier alpha value is -1.37. The van der Waals surface area contributed by atoms with E-state index in [4.69, 9.17) is 5.26 Å². The number of carbonyl (C=O) groups is 1. The van der Waals surface area contributed by atoms with E-state index >= 15 is 0 Å². The Bertz CT molecular complexity index is 272. The molecule has 4 heteroatoms. The quantitative estimate of drug-likeness (QED) is 0.571. The molecule has 0 aromatic carbocycles. The number of nitrogens with one attached hydrogen (secondary N) is 1. The summed E-state index contributed by atoms with van der Waals surface area (Å²) in [7, 11) is 0. The van der Waals surface area contributed by atoms with Crippen LogP contribution in [0.1, 0.15) is 12.8 Å². The summed E-state index contributed by atoms with van der Waals surface area (Å²) in [4.78, 5) is 10.9. The van der Waals surface area contributed by atoms with Gasteiger partial charge in [-0.25, -0.2) is 5.43 Å². The van der Waals surface area contributed by atoms with E-state index in [1.807, 2.05) is 6.07 Å². The molecule has 1 saturated carbocycles. The second-order valence-electron chi connectivity index (χ2n) is 2.85. The highest BCUT2D eigenvalue weighted by Gasteiger charge is 2.39. The molecule has 1 N–H and O–H groups in total. The average molecular weight is 149 g/mol. The maximum Gasteiger partial charge on any atom is 0.263 e. The third kappa shape index (κ3) is 0.891. The lowest BCUT2D eigenvalue weighted by Crippen LogP contribution is -2.22. The van der Waals surface area contributed by atoms with E-state index in [-0.39, 0.29) is 5.91 Å². The van der Waals surface area contributed by atoms with Crippen LogP contribution in [0.15, 0.2) is 5.10 Å². The molecule has 1 atom stereocenters. The normalized spacial score (nSPS) is 29.2. The molecule has 1 fully saturated rings. The molecule has 0 saturated heterocycles. The molecule has 1 heterocycles. The lowest BCUT2D eigenvalue weighted by molar-refractivity contribution is -0.120. The first-order chi connectivity index (χ1) is 5.33. The second-order valence-corrected chi connectivity index (χ2v) is 2.85. The molecule has 2 rings (SSSR count). The van der Waals surface area contributed by atoms with Gasteiger partial charge in [-0.05, 0) is 12.8 Å². The van der Waals surface area contributed by atoms with Gasteiger partial charge in [0.1, 0.15) is 0 Å². The predicted molar refractivity (Wildman–Crippen MR) is 37.4 cm³/mol. The van der Waals surface area contributed by atoms with Crippen molar-refractivity contribution in [2.75, 3.05) is 0 Å². The molecule has 11 heavy (non-hydrogen) atoms. The smallest absolute Gasteiger partial charge is 0.263 e. The Balaban J connectivity index is 2.20. The summed E-state index contributed by atoms with van der Waals surface area (Å²) in [5.74, 6) is -0.476. The average Bonchev–Trinajstić information content (AvgIpc) is 2.76. The van der Waals surface area contributed by atoms with Crippen molar-refractivity contribution < 1.29 is 4.79 Å². The molecule has 1 aliphatic heterocycles. The summed E-state index contributed by atoms with van der Waals surface area (Å²) in [5, 5.41) is 12.4. The van der Waals surface area contributed by atoms with Crippen LogP contribution in [0.2, 0.25) is 0 Å². The fourth-order valence-corrected chi connectivity index (χ4v) is 1.21. The highest BCUT2D eigenvalue weighted by atomic mass is 16.2. The number of hydrazone groups is 1. The van der Waals surface area contributed by atoms with Crippen molar-refractivity contribution in [1.29, 1.82) is 5.26 Å². The molecule has 1 aliphatic carbocycles. The zero-order valence-corrected chi connectivity index (χ0v) is 5.87. The predicted octanol–water partition coefficient (Wildman–Crippen LogP) is 0.0220. The Kier molecular flexibility index (Phi) is 1.19. The number of carbonyl (C=O) groups excluding carboxylic acids is 1. The lowest BCUT2D eigenvalue weighted by Gasteiger charge is -1.96. The third-order valence-electron chi connectivity index (χ3n) is 1.98. The summed E-state index contributed by atoms with van der Waals surface area (Å²) in [5.41, 5.74) is 3.07. The molecule has 0 spiro atoms. The van der Waals surface area contributed by atoms with Gasteiger partial charge in [0.05, 0.1) is 11.8 Å². The van der Waals surface area contributed by atoms with Crippen molar-refractivity contribution in [3.63, 3.8) is 0 Å². The van der Waals surface area contributed by atoms with E-state index in [9.17, 15) is 4.79 Å². The van der Waals surface area contributed by atoms with Gasteiger partial charge in [0.25, 0.3) is 5.91 Å². The summed E-state index contributed by atoms with van der Waals surface area (Å²) >= 11 is 0. The molecule has 56 valence electrons. The number of rotatable bonds is 1. The van der Waals surface area contributed by atoms with Gasteiger partial charge in [0.15, 0.2) is 5.92 Å². The topological polar surface area (TPSA) is 65.2 Å². The van der Waals surface area contributed by atoms with E-state index < -0.39 is 5.92 Å². The molecular formula is C7H7N3O. The Morgan fingerprint density at radius 3 is 2.91 bits per heavy atom. The monoisotopic (exact) mass is 149 g/mol. The minimum absolute atomic E-state index is 0.269. The van der Waals surface area contributed by atoms with Crippen LogP contribution < -0.4 is 5.43 Å². The van der Waals surface area contributed by atoms with E-state index in [1.54, 1.807) is 0 Å². The summed E-state index contributed by atoms with van der Waals surface area (Å²) < 4.78 is 0. The Morgan fingerprint density at radius 2 is 2.36 bits per heavy atom. The maximum absolute atomic E-state index is 10.9. The van der Waals surface area contributed by atoms with Crippen molar-refractivity contribution in [1.82, 2.24) is 5.43 Å². The maximum atomic E-state index is 10.9. The van der Waals surface area contributed by atoms with E-state index in [2.05, 4.69) is 10.5 Å². The molecule has 1 unspecified atom stereocenters. The van der Waals surface area contributed by atoms with E-state index in [1.165, 1.54) is 0 Å². The molecule has 1 amide bonds. The van der Waals surface area contributed by atoms with Crippen LogP contribution in [0.4, 0.5) is 0 Å². The van der Waals surface area contributed by atoms with Crippen molar-refractivity contribution in [3.8, 4) is 6.07 Å². The van der Waals surface area contributed by atoms with E-state index in [0.29, 0.717) is 5.92 Å². The first kappa shape index (κ1) is 6.35. The standard InChI is InChI=1S/C7H7N3O/c8-3-5-6(4-1-2-4)9-10-7(5)11/h4-5H,1-2H2,(H,10,11). The summed E-state index contributed by atoms with van der Waals surface area (Å²) in [6.45, 7) is 0. The Morgan fingerprint density at radius 1 is 1.64 bits per heavy atom. The first-order valence-corrected chi connectivity index (χ1v) is 3.60. The van der Waals surface area contributed by atoms with Gasteiger partial charge in [-0.3, -0.25) is 4.79 Å². The molecule has 0 aromatic rings. The fraction of sp³-hybridized carbons (Fsp3) is 0.571. The van der Waals surface area contributed by atoms with Crippen molar-refractivity contribution in [2.24, 2.45) is 16.9 Å². The molecular weight excluding hydrogens is 142 g/mol.